The van der Waals surface area contributed by atoms with E-state index < -0.39 is 10.0 Å². The number of benzene rings is 2. The summed E-state index contributed by atoms with van der Waals surface area (Å²) in [7, 11) is -3.17. The minimum Gasteiger partial charge on any atom is -0.378 e. The molecule has 0 radical (unpaired) electrons. The summed E-state index contributed by atoms with van der Waals surface area (Å²) in [5.74, 6) is -0.410. The van der Waals surface area contributed by atoms with Crippen LogP contribution >= 0.6 is 0 Å². The highest BCUT2D eigenvalue weighted by atomic mass is 32.2. The molecule has 2 aromatic rings. The van der Waals surface area contributed by atoms with Gasteiger partial charge in [0.1, 0.15) is 0 Å². The van der Waals surface area contributed by atoms with Crippen molar-refractivity contribution >= 4 is 27.5 Å². The van der Waals surface area contributed by atoms with Gasteiger partial charge in [-0.15, -0.1) is 0 Å². The molecular formula is C24H30N4O5S. The Labute approximate surface area is 200 Å². The molecule has 9 nitrogen and oxygen atoms in total. The van der Waals surface area contributed by atoms with Crippen molar-refractivity contribution in [3.05, 3.63) is 65.2 Å². The van der Waals surface area contributed by atoms with Crippen LogP contribution < -0.4 is 5.32 Å². The highest BCUT2D eigenvalue weighted by Crippen LogP contribution is 2.20. The summed E-state index contributed by atoms with van der Waals surface area (Å²) >= 11 is 0. The van der Waals surface area contributed by atoms with E-state index in [9.17, 15) is 18.0 Å². The van der Waals surface area contributed by atoms with E-state index in [0.717, 1.165) is 5.56 Å². The lowest BCUT2D eigenvalue weighted by molar-refractivity contribution is 0.0303. The Morgan fingerprint density at radius 3 is 2.35 bits per heavy atom. The second-order valence-corrected chi connectivity index (χ2v) is 10.5. The van der Waals surface area contributed by atoms with Crippen molar-refractivity contribution in [1.29, 1.82) is 0 Å². The molecule has 0 spiro atoms. The molecule has 2 fully saturated rings. The summed E-state index contributed by atoms with van der Waals surface area (Å²) in [6, 6.07) is 14.4. The molecule has 2 aliphatic heterocycles. The highest BCUT2D eigenvalue weighted by Gasteiger charge is 2.24. The van der Waals surface area contributed by atoms with Crippen molar-refractivity contribution in [2.75, 3.05) is 64.1 Å². The molecule has 182 valence electrons. The Bertz CT molecular complexity index is 1140. The van der Waals surface area contributed by atoms with Gasteiger partial charge >= 0.3 is 0 Å². The predicted molar refractivity (Wildman–Crippen MR) is 129 cm³/mol. The summed E-state index contributed by atoms with van der Waals surface area (Å²) in [6.07, 6.45) is 1.23. The maximum absolute atomic E-state index is 13.0. The predicted octanol–water partition coefficient (Wildman–Crippen LogP) is 1.49. The molecule has 1 N–H and O–H groups in total. The number of amides is 2. The van der Waals surface area contributed by atoms with Gasteiger partial charge in [-0.05, 0) is 29.8 Å². The molecule has 2 amide bonds. The van der Waals surface area contributed by atoms with Gasteiger partial charge in [0.05, 0.1) is 30.7 Å². The number of morpholine rings is 1. The van der Waals surface area contributed by atoms with E-state index in [1.807, 2.05) is 18.2 Å². The quantitative estimate of drug-likeness (QED) is 0.664. The van der Waals surface area contributed by atoms with Crippen LogP contribution in [0.4, 0.5) is 5.69 Å². The topological polar surface area (TPSA) is 99.3 Å². The van der Waals surface area contributed by atoms with Crippen molar-refractivity contribution in [3.8, 4) is 0 Å². The number of piperazine rings is 1. The Kier molecular flexibility index (Phi) is 7.62. The fourth-order valence-electron chi connectivity index (χ4n) is 4.20. The average Bonchev–Trinajstić information content (AvgIpc) is 2.84. The molecule has 2 aliphatic rings. The third-order valence-electron chi connectivity index (χ3n) is 6.10. The van der Waals surface area contributed by atoms with Gasteiger partial charge < -0.3 is 15.0 Å². The summed E-state index contributed by atoms with van der Waals surface area (Å²) in [6.45, 7) is 4.92. The van der Waals surface area contributed by atoms with Crippen molar-refractivity contribution in [2.45, 2.75) is 6.54 Å². The molecule has 2 heterocycles. The number of carbonyl (C=O) groups is 2. The van der Waals surface area contributed by atoms with Gasteiger partial charge in [-0.25, -0.2) is 8.42 Å². The number of nitrogens with zero attached hydrogens (tertiary/aromatic N) is 3. The molecule has 2 saturated heterocycles. The maximum atomic E-state index is 13.0. The van der Waals surface area contributed by atoms with Gasteiger partial charge in [0.25, 0.3) is 11.8 Å². The Balaban J connectivity index is 1.41. The van der Waals surface area contributed by atoms with Crippen LogP contribution in [0.5, 0.6) is 0 Å². The van der Waals surface area contributed by atoms with Gasteiger partial charge in [0, 0.05) is 51.4 Å². The minimum atomic E-state index is -3.17. The van der Waals surface area contributed by atoms with Crippen LogP contribution in [0.25, 0.3) is 0 Å². The fraction of sp³-hybridized carbons (Fsp3) is 0.417. The number of para-hydroxylation sites is 1. The first-order valence-corrected chi connectivity index (χ1v) is 13.2. The van der Waals surface area contributed by atoms with Gasteiger partial charge in [-0.3, -0.25) is 14.5 Å². The minimum absolute atomic E-state index is 0.124. The number of ether oxygens (including phenoxy) is 1. The molecule has 0 atom stereocenters. The van der Waals surface area contributed by atoms with Crippen LogP contribution in [0.3, 0.4) is 0 Å². The maximum Gasteiger partial charge on any atom is 0.256 e. The van der Waals surface area contributed by atoms with Crippen LogP contribution in [0, 0.1) is 0 Å². The van der Waals surface area contributed by atoms with Crippen molar-refractivity contribution < 1.29 is 22.7 Å². The first-order valence-electron chi connectivity index (χ1n) is 11.3. The van der Waals surface area contributed by atoms with Crippen LogP contribution in [-0.2, 0) is 21.3 Å². The zero-order valence-electron chi connectivity index (χ0n) is 19.3. The average molecular weight is 487 g/mol. The Morgan fingerprint density at radius 2 is 1.65 bits per heavy atom. The smallest absolute Gasteiger partial charge is 0.256 e. The standard InChI is InChI=1S/C24H30N4O5S/c1-34(31,32)28-11-9-26(10-12-28)18-19-5-4-6-20(17-19)23(29)25-22-8-3-2-7-21(22)24(30)27-13-15-33-16-14-27/h2-8,17H,9-16,18H2,1H3,(H,25,29). The van der Waals surface area contributed by atoms with Gasteiger partial charge in [0.15, 0.2) is 0 Å². The zero-order valence-corrected chi connectivity index (χ0v) is 20.1. The van der Waals surface area contributed by atoms with Crippen LogP contribution in [-0.4, -0.2) is 93.1 Å². The van der Waals surface area contributed by atoms with Crippen LogP contribution in [0.1, 0.15) is 26.3 Å². The van der Waals surface area contributed by atoms with Gasteiger partial charge in [-0.1, -0.05) is 24.3 Å². The van der Waals surface area contributed by atoms with E-state index in [-0.39, 0.29) is 11.8 Å². The third-order valence-corrected chi connectivity index (χ3v) is 7.40. The van der Waals surface area contributed by atoms with Gasteiger partial charge in [-0.2, -0.15) is 4.31 Å². The molecule has 0 bridgehead atoms. The third kappa shape index (κ3) is 6.01. The lowest BCUT2D eigenvalue weighted by Gasteiger charge is -2.33. The molecule has 34 heavy (non-hydrogen) atoms. The molecule has 0 aromatic heterocycles. The molecule has 2 aromatic carbocycles. The number of sulfonamides is 1. The molecule has 0 aliphatic carbocycles. The number of hydrogen-bond acceptors (Lipinski definition) is 6. The zero-order chi connectivity index (χ0) is 24.1. The first kappa shape index (κ1) is 24.3. The second-order valence-electron chi connectivity index (χ2n) is 8.54. The molecular weight excluding hydrogens is 456 g/mol. The molecule has 10 heteroatoms. The SMILES string of the molecule is CS(=O)(=O)N1CCN(Cc2cccc(C(=O)Nc3ccccc3C(=O)N3CCOCC3)c2)CC1. The first-order chi connectivity index (χ1) is 16.3. The van der Waals surface area contributed by atoms with Crippen molar-refractivity contribution in [2.24, 2.45) is 0 Å². The lowest BCUT2D eigenvalue weighted by atomic mass is 10.1. The van der Waals surface area contributed by atoms with E-state index in [0.29, 0.717) is 75.8 Å². The summed E-state index contributed by atoms with van der Waals surface area (Å²) in [5.41, 5.74) is 2.41. The number of nitrogens with one attached hydrogen (secondary N) is 1. The summed E-state index contributed by atoms with van der Waals surface area (Å²) < 4.78 is 30.2. The van der Waals surface area contributed by atoms with E-state index in [4.69, 9.17) is 4.74 Å². The lowest BCUT2D eigenvalue weighted by Crippen LogP contribution is -2.47. The number of rotatable bonds is 6. The molecule has 0 unspecified atom stereocenters. The highest BCUT2D eigenvalue weighted by molar-refractivity contribution is 7.88. The van der Waals surface area contributed by atoms with Crippen LogP contribution in [0.2, 0.25) is 0 Å². The van der Waals surface area contributed by atoms with E-state index in [2.05, 4.69) is 10.2 Å². The largest absolute Gasteiger partial charge is 0.378 e. The molecule has 4 rings (SSSR count). The Morgan fingerprint density at radius 1 is 0.941 bits per heavy atom. The molecule has 0 saturated carbocycles. The fourth-order valence-corrected chi connectivity index (χ4v) is 5.02. The van der Waals surface area contributed by atoms with E-state index >= 15 is 0 Å². The summed E-state index contributed by atoms with van der Waals surface area (Å²) in [5, 5.41) is 2.90. The number of anilines is 1. The van der Waals surface area contributed by atoms with Crippen molar-refractivity contribution in [1.82, 2.24) is 14.1 Å². The normalized spacial score (nSPS) is 18.0. The van der Waals surface area contributed by atoms with E-state index in [1.165, 1.54) is 10.6 Å². The van der Waals surface area contributed by atoms with Crippen molar-refractivity contribution in [3.63, 3.8) is 0 Å². The Hall–Kier alpha value is -2.79. The number of hydrogen-bond donors (Lipinski definition) is 1. The number of carbonyl (C=O) groups excluding carboxylic acids is 2. The summed E-state index contributed by atoms with van der Waals surface area (Å²) in [4.78, 5) is 29.9. The van der Waals surface area contributed by atoms with E-state index in [1.54, 1.807) is 35.2 Å². The second kappa shape index (κ2) is 10.6. The van der Waals surface area contributed by atoms with Crippen LogP contribution in [0.15, 0.2) is 48.5 Å². The monoisotopic (exact) mass is 486 g/mol. The van der Waals surface area contributed by atoms with Gasteiger partial charge in [0.2, 0.25) is 10.0 Å².